The van der Waals surface area contributed by atoms with Gasteiger partial charge in [0, 0.05) is 24.5 Å². The van der Waals surface area contributed by atoms with Crippen molar-refractivity contribution < 1.29 is 13.6 Å². The van der Waals surface area contributed by atoms with Crippen LogP contribution < -0.4 is 5.32 Å². The monoisotopic (exact) mass is 356 g/mol. The standard InChI is InChI=1S/C19H18F2N4O/c1-4-12-8-11(2)13(10-22-12)17-9-16(24-25(17)3)19(26)23-18-14(20)6-5-7-15(18)21/h5-10H,4H2,1-3H3,(H,23,26). The van der Waals surface area contributed by atoms with Crippen LogP contribution in [0.1, 0.15) is 28.7 Å². The zero-order chi connectivity index (χ0) is 18.8. The average molecular weight is 356 g/mol. The van der Waals surface area contributed by atoms with E-state index in [1.54, 1.807) is 24.0 Å². The van der Waals surface area contributed by atoms with Crippen LogP contribution in [0.25, 0.3) is 11.3 Å². The number of nitrogens with one attached hydrogen (secondary N) is 1. The Morgan fingerprint density at radius 1 is 1.23 bits per heavy atom. The zero-order valence-corrected chi connectivity index (χ0v) is 14.7. The molecule has 1 N–H and O–H groups in total. The van der Waals surface area contributed by atoms with Crippen molar-refractivity contribution in [3.05, 3.63) is 65.1 Å². The normalized spacial score (nSPS) is 10.8. The molecule has 0 bridgehead atoms. The molecular formula is C19H18F2N4O. The van der Waals surface area contributed by atoms with Gasteiger partial charge < -0.3 is 5.32 Å². The second-order valence-corrected chi connectivity index (χ2v) is 5.93. The van der Waals surface area contributed by atoms with Crippen LogP contribution in [0, 0.1) is 18.6 Å². The molecule has 0 saturated heterocycles. The molecule has 2 heterocycles. The minimum absolute atomic E-state index is 0.0594. The van der Waals surface area contributed by atoms with Crippen LogP contribution in [0.5, 0.6) is 0 Å². The van der Waals surface area contributed by atoms with E-state index < -0.39 is 23.2 Å². The van der Waals surface area contributed by atoms with Crippen molar-refractivity contribution in [1.82, 2.24) is 14.8 Å². The van der Waals surface area contributed by atoms with Crippen molar-refractivity contribution in [2.75, 3.05) is 5.32 Å². The SMILES string of the molecule is CCc1cc(C)c(-c2cc(C(=O)Nc3c(F)cccc3F)nn2C)cn1. The lowest BCUT2D eigenvalue weighted by atomic mass is 10.1. The third-order valence-corrected chi connectivity index (χ3v) is 4.12. The summed E-state index contributed by atoms with van der Waals surface area (Å²) >= 11 is 0. The van der Waals surface area contributed by atoms with E-state index in [1.165, 1.54) is 6.07 Å². The summed E-state index contributed by atoms with van der Waals surface area (Å²) in [6, 6.07) is 6.94. The molecule has 0 atom stereocenters. The molecule has 0 saturated carbocycles. The number of carbonyl (C=O) groups excluding carboxylic acids is 1. The van der Waals surface area contributed by atoms with Gasteiger partial charge in [0.1, 0.15) is 17.3 Å². The number of nitrogens with zero attached hydrogens (tertiary/aromatic N) is 3. The Hall–Kier alpha value is -3.09. The van der Waals surface area contributed by atoms with Gasteiger partial charge in [-0.25, -0.2) is 8.78 Å². The Morgan fingerprint density at radius 3 is 2.54 bits per heavy atom. The highest BCUT2D eigenvalue weighted by Gasteiger charge is 2.18. The fourth-order valence-corrected chi connectivity index (χ4v) is 2.70. The lowest BCUT2D eigenvalue weighted by Gasteiger charge is -2.07. The number of aromatic nitrogens is 3. The molecule has 7 heteroatoms. The number of amides is 1. The van der Waals surface area contributed by atoms with Gasteiger partial charge in [-0.05, 0) is 43.2 Å². The molecule has 0 aliphatic carbocycles. The van der Waals surface area contributed by atoms with Crippen LogP contribution in [-0.4, -0.2) is 20.7 Å². The highest BCUT2D eigenvalue weighted by atomic mass is 19.1. The van der Waals surface area contributed by atoms with Crippen LogP contribution >= 0.6 is 0 Å². The van der Waals surface area contributed by atoms with E-state index in [4.69, 9.17) is 0 Å². The summed E-state index contributed by atoms with van der Waals surface area (Å²) in [6.07, 6.45) is 2.57. The summed E-state index contributed by atoms with van der Waals surface area (Å²) in [5, 5.41) is 6.40. The molecule has 0 aliphatic heterocycles. The fraction of sp³-hybridized carbons (Fsp3) is 0.211. The summed E-state index contributed by atoms with van der Waals surface area (Å²) < 4.78 is 29.0. The van der Waals surface area contributed by atoms with E-state index in [0.717, 1.165) is 35.4 Å². The largest absolute Gasteiger partial charge is 0.316 e. The molecule has 5 nitrogen and oxygen atoms in total. The van der Waals surface area contributed by atoms with Crippen molar-refractivity contribution in [1.29, 1.82) is 0 Å². The van der Waals surface area contributed by atoms with E-state index in [0.29, 0.717) is 5.69 Å². The van der Waals surface area contributed by atoms with Crippen molar-refractivity contribution in [3.63, 3.8) is 0 Å². The Labute approximate surface area is 149 Å². The first kappa shape index (κ1) is 17.7. The number of pyridine rings is 1. The Kier molecular flexibility index (Phi) is 4.79. The maximum absolute atomic E-state index is 13.7. The summed E-state index contributed by atoms with van der Waals surface area (Å²) in [5.41, 5.74) is 3.08. The second-order valence-electron chi connectivity index (χ2n) is 5.93. The number of halogens is 2. The minimum Gasteiger partial charge on any atom is -0.316 e. The molecule has 0 spiro atoms. The number of aryl methyl sites for hydroxylation is 3. The summed E-state index contributed by atoms with van der Waals surface area (Å²) in [7, 11) is 1.70. The highest BCUT2D eigenvalue weighted by Crippen LogP contribution is 2.25. The zero-order valence-electron chi connectivity index (χ0n) is 14.7. The van der Waals surface area contributed by atoms with Crippen molar-refractivity contribution in [2.24, 2.45) is 7.05 Å². The molecular weight excluding hydrogens is 338 g/mol. The van der Waals surface area contributed by atoms with Gasteiger partial charge in [-0.1, -0.05) is 13.0 Å². The van der Waals surface area contributed by atoms with E-state index in [9.17, 15) is 13.6 Å². The van der Waals surface area contributed by atoms with Gasteiger partial charge in [-0.3, -0.25) is 14.5 Å². The first-order valence-corrected chi connectivity index (χ1v) is 8.16. The van der Waals surface area contributed by atoms with E-state index in [1.807, 2.05) is 19.9 Å². The smallest absolute Gasteiger partial charge is 0.276 e. The number of para-hydroxylation sites is 1. The lowest BCUT2D eigenvalue weighted by molar-refractivity contribution is 0.102. The third-order valence-electron chi connectivity index (χ3n) is 4.12. The highest BCUT2D eigenvalue weighted by molar-refractivity contribution is 6.03. The minimum atomic E-state index is -0.843. The molecule has 2 aromatic heterocycles. The fourth-order valence-electron chi connectivity index (χ4n) is 2.70. The molecule has 134 valence electrons. The molecule has 26 heavy (non-hydrogen) atoms. The number of anilines is 1. The molecule has 0 fully saturated rings. The number of hydrogen-bond donors (Lipinski definition) is 1. The molecule has 0 aliphatic rings. The Bertz CT molecular complexity index is 961. The summed E-state index contributed by atoms with van der Waals surface area (Å²) in [4.78, 5) is 16.7. The van der Waals surface area contributed by atoms with Crippen molar-refractivity contribution in [2.45, 2.75) is 20.3 Å². The van der Waals surface area contributed by atoms with Gasteiger partial charge in [0.25, 0.3) is 5.91 Å². The first-order chi connectivity index (χ1) is 12.4. The molecule has 0 unspecified atom stereocenters. The summed E-state index contributed by atoms with van der Waals surface area (Å²) in [6.45, 7) is 3.98. The average Bonchev–Trinajstić information content (AvgIpc) is 2.99. The number of benzene rings is 1. The molecule has 1 aromatic carbocycles. The first-order valence-electron chi connectivity index (χ1n) is 8.16. The molecule has 3 rings (SSSR count). The number of hydrogen-bond acceptors (Lipinski definition) is 3. The predicted molar refractivity (Wildman–Crippen MR) is 94.9 cm³/mol. The number of carbonyl (C=O) groups is 1. The second kappa shape index (κ2) is 7.03. The van der Waals surface area contributed by atoms with Gasteiger partial charge in [-0.15, -0.1) is 0 Å². The van der Waals surface area contributed by atoms with Crippen molar-refractivity contribution in [3.8, 4) is 11.3 Å². The third kappa shape index (κ3) is 3.33. The molecule has 1 amide bonds. The quantitative estimate of drug-likeness (QED) is 0.772. The topological polar surface area (TPSA) is 59.8 Å². The summed E-state index contributed by atoms with van der Waals surface area (Å²) in [5.74, 6) is -2.37. The lowest BCUT2D eigenvalue weighted by Crippen LogP contribution is -2.15. The number of rotatable bonds is 4. The maximum atomic E-state index is 13.7. The van der Waals surface area contributed by atoms with Gasteiger partial charge in [0.05, 0.1) is 5.69 Å². The molecule has 0 radical (unpaired) electrons. The Morgan fingerprint density at radius 2 is 1.92 bits per heavy atom. The van der Waals surface area contributed by atoms with E-state index in [2.05, 4.69) is 15.4 Å². The van der Waals surface area contributed by atoms with Crippen LogP contribution in [-0.2, 0) is 13.5 Å². The maximum Gasteiger partial charge on any atom is 0.276 e. The van der Waals surface area contributed by atoms with Crippen LogP contribution in [0.2, 0.25) is 0 Å². The van der Waals surface area contributed by atoms with E-state index >= 15 is 0 Å². The van der Waals surface area contributed by atoms with Crippen LogP contribution in [0.15, 0.2) is 36.5 Å². The molecule has 3 aromatic rings. The van der Waals surface area contributed by atoms with Gasteiger partial charge in [0.2, 0.25) is 0 Å². The Balaban J connectivity index is 1.92. The van der Waals surface area contributed by atoms with Gasteiger partial charge in [0.15, 0.2) is 5.69 Å². The van der Waals surface area contributed by atoms with E-state index in [-0.39, 0.29) is 5.69 Å². The van der Waals surface area contributed by atoms with Crippen LogP contribution in [0.3, 0.4) is 0 Å². The van der Waals surface area contributed by atoms with Gasteiger partial charge in [-0.2, -0.15) is 5.10 Å². The van der Waals surface area contributed by atoms with Crippen molar-refractivity contribution >= 4 is 11.6 Å². The van der Waals surface area contributed by atoms with Gasteiger partial charge >= 0.3 is 0 Å². The predicted octanol–water partition coefficient (Wildman–Crippen LogP) is 3.88. The van der Waals surface area contributed by atoms with Crippen LogP contribution in [0.4, 0.5) is 14.5 Å².